The zero-order chi connectivity index (χ0) is 21.3. The fraction of sp³-hybridized carbons (Fsp3) is 0.524. The van der Waals surface area contributed by atoms with Gasteiger partial charge in [-0.3, -0.25) is 9.69 Å². The van der Waals surface area contributed by atoms with Crippen LogP contribution in [0.5, 0.6) is 5.75 Å². The molecule has 158 valence electrons. The van der Waals surface area contributed by atoms with E-state index in [0.29, 0.717) is 41.9 Å². The molecule has 0 unspecified atom stereocenters. The van der Waals surface area contributed by atoms with E-state index >= 15 is 0 Å². The molecule has 0 aliphatic carbocycles. The molecular formula is C21H26Cl2N2O4. The molecule has 1 aromatic rings. The summed E-state index contributed by atoms with van der Waals surface area (Å²) in [4.78, 5) is 28.4. The number of piperazine rings is 1. The van der Waals surface area contributed by atoms with Crippen molar-refractivity contribution in [1.29, 1.82) is 0 Å². The minimum atomic E-state index is -0.610. The topological polar surface area (TPSA) is 59.1 Å². The first-order chi connectivity index (χ1) is 13.6. The van der Waals surface area contributed by atoms with E-state index in [-0.39, 0.29) is 24.4 Å². The van der Waals surface area contributed by atoms with Gasteiger partial charge in [-0.25, -0.2) is 4.79 Å². The van der Waals surface area contributed by atoms with E-state index < -0.39 is 11.7 Å². The first kappa shape index (κ1) is 21.8. The second kappa shape index (κ2) is 8.44. The minimum absolute atomic E-state index is 0.0151. The van der Waals surface area contributed by atoms with E-state index in [9.17, 15) is 9.59 Å². The minimum Gasteiger partial charge on any atom is -0.489 e. The lowest BCUT2D eigenvalue weighted by Crippen LogP contribution is -2.56. The second-order valence-electron chi connectivity index (χ2n) is 8.37. The molecule has 0 bridgehead atoms. The van der Waals surface area contributed by atoms with Crippen LogP contribution < -0.4 is 4.74 Å². The number of carbonyl (C=O) groups is 2. The van der Waals surface area contributed by atoms with Crippen molar-refractivity contribution in [1.82, 2.24) is 9.80 Å². The first-order valence-electron chi connectivity index (χ1n) is 9.59. The monoisotopic (exact) mass is 440 g/mol. The Morgan fingerprint density at radius 1 is 1.31 bits per heavy atom. The Bertz CT molecular complexity index is 822. The average molecular weight is 441 g/mol. The van der Waals surface area contributed by atoms with Crippen LogP contribution in [0.3, 0.4) is 0 Å². The number of hydrogen-bond acceptors (Lipinski definition) is 4. The number of fused-ring (bicyclic) bond motifs is 1. The molecular weight excluding hydrogens is 415 g/mol. The SMILES string of the molecule is C=CCOc1ccc(Cl)c(Cl)c1[C@H]1C[C@H]2CN(C(=O)OC(C)(C)C)CC(=O)N2C1. The number of rotatable bonds is 4. The van der Waals surface area contributed by atoms with Crippen LogP contribution in [0.2, 0.25) is 10.0 Å². The molecule has 0 N–H and O–H groups in total. The Labute approximate surface area is 181 Å². The van der Waals surface area contributed by atoms with Gasteiger partial charge in [0.15, 0.2) is 0 Å². The lowest BCUT2D eigenvalue weighted by Gasteiger charge is -2.37. The highest BCUT2D eigenvalue weighted by Crippen LogP contribution is 2.44. The van der Waals surface area contributed by atoms with E-state index in [1.165, 1.54) is 4.90 Å². The molecule has 6 nitrogen and oxygen atoms in total. The highest BCUT2D eigenvalue weighted by atomic mass is 35.5. The molecule has 2 heterocycles. The maximum absolute atomic E-state index is 12.7. The van der Waals surface area contributed by atoms with Crippen molar-refractivity contribution in [2.75, 3.05) is 26.2 Å². The number of benzene rings is 1. The summed E-state index contributed by atoms with van der Waals surface area (Å²) in [7, 11) is 0. The summed E-state index contributed by atoms with van der Waals surface area (Å²) in [5.41, 5.74) is 0.188. The second-order valence-corrected chi connectivity index (χ2v) is 9.15. The molecule has 0 aromatic heterocycles. The van der Waals surface area contributed by atoms with Crippen molar-refractivity contribution in [3.63, 3.8) is 0 Å². The van der Waals surface area contributed by atoms with Crippen molar-refractivity contribution in [3.05, 3.63) is 40.4 Å². The summed E-state index contributed by atoms with van der Waals surface area (Å²) in [6.45, 7) is 10.4. The molecule has 1 aromatic carbocycles. The Kier molecular flexibility index (Phi) is 6.34. The lowest BCUT2D eigenvalue weighted by molar-refractivity contribution is -0.137. The van der Waals surface area contributed by atoms with Crippen LogP contribution in [0.25, 0.3) is 0 Å². The molecule has 2 aliphatic heterocycles. The van der Waals surface area contributed by atoms with Crippen molar-refractivity contribution in [2.45, 2.75) is 44.8 Å². The lowest BCUT2D eigenvalue weighted by atomic mass is 9.95. The summed E-state index contributed by atoms with van der Waals surface area (Å²) >= 11 is 12.8. The van der Waals surface area contributed by atoms with Gasteiger partial charge in [0, 0.05) is 24.6 Å². The summed E-state index contributed by atoms with van der Waals surface area (Å²) < 4.78 is 11.2. The van der Waals surface area contributed by atoms with Crippen molar-refractivity contribution in [2.24, 2.45) is 0 Å². The molecule has 2 amide bonds. The van der Waals surface area contributed by atoms with Crippen LogP contribution >= 0.6 is 23.2 Å². The number of amides is 2. The molecule has 8 heteroatoms. The molecule has 0 saturated carbocycles. The Morgan fingerprint density at radius 3 is 2.69 bits per heavy atom. The number of nitrogens with zero attached hydrogens (tertiary/aromatic N) is 2. The quantitative estimate of drug-likeness (QED) is 0.646. The van der Waals surface area contributed by atoms with Crippen molar-refractivity contribution < 1.29 is 19.1 Å². The predicted molar refractivity (Wildman–Crippen MR) is 113 cm³/mol. The van der Waals surface area contributed by atoms with Crippen LogP contribution in [0.1, 0.15) is 38.7 Å². The van der Waals surface area contributed by atoms with Crippen LogP contribution in [0.4, 0.5) is 4.79 Å². The molecule has 2 atom stereocenters. The molecule has 3 rings (SSSR count). The Balaban J connectivity index is 1.81. The third kappa shape index (κ3) is 4.81. The number of carbonyl (C=O) groups excluding carboxylic acids is 2. The van der Waals surface area contributed by atoms with Gasteiger partial charge >= 0.3 is 6.09 Å². The van der Waals surface area contributed by atoms with E-state index in [1.807, 2.05) is 4.90 Å². The Morgan fingerprint density at radius 2 is 2.03 bits per heavy atom. The standard InChI is InChI=1S/C21H26Cl2N2O4/c1-5-8-28-16-7-6-15(22)19(23)18(16)13-9-14-11-24(12-17(26)25(14)10-13)20(27)29-21(2,3)4/h5-7,13-14H,1,8-12H2,2-4H3/t13-,14-/m0/s1. The molecule has 2 fully saturated rings. The fourth-order valence-electron chi connectivity index (χ4n) is 3.85. The van der Waals surface area contributed by atoms with Crippen LogP contribution in [0.15, 0.2) is 24.8 Å². The largest absolute Gasteiger partial charge is 0.489 e. The zero-order valence-electron chi connectivity index (χ0n) is 16.9. The van der Waals surface area contributed by atoms with E-state index in [2.05, 4.69) is 6.58 Å². The predicted octanol–water partition coefficient (Wildman–Crippen LogP) is 4.49. The first-order valence-corrected chi connectivity index (χ1v) is 10.3. The molecule has 0 spiro atoms. The summed E-state index contributed by atoms with van der Waals surface area (Å²) in [6.07, 6.45) is 1.85. The van der Waals surface area contributed by atoms with Crippen LogP contribution in [0, 0.1) is 0 Å². The van der Waals surface area contributed by atoms with Gasteiger partial charge < -0.3 is 14.4 Å². The molecule has 29 heavy (non-hydrogen) atoms. The maximum Gasteiger partial charge on any atom is 0.410 e. The van der Waals surface area contributed by atoms with Gasteiger partial charge in [-0.2, -0.15) is 0 Å². The zero-order valence-corrected chi connectivity index (χ0v) is 18.4. The summed E-state index contributed by atoms with van der Waals surface area (Å²) in [6, 6.07) is 3.39. The molecule has 2 saturated heterocycles. The highest BCUT2D eigenvalue weighted by Gasteiger charge is 2.44. The van der Waals surface area contributed by atoms with Crippen molar-refractivity contribution in [3.8, 4) is 5.75 Å². The van der Waals surface area contributed by atoms with Gasteiger partial charge in [0.25, 0.3) is 0 Å². The number of ether oxygens (including phenoxy) is 2. The van der Waals surface area contributed by atoms with Gasteiger partial charge in [0.1, 0.15) is 24.5 Å². The normalized spacial score (nSPS) is 21.8. The van der Waals surface area contributed by atoms with Gasteiger partial charge in [0.2, 0.25) is 5.91 Å². The third-order valence-electron chi connectivity index (χ3n) is 5.00. The molecule has 0 radical (unpaired) electrons. The number of hydrogen-bond donors (Lipinski definition) is 0. The fourth-order valence-corrected chi connectivity index (χ4v) is 4.32. The third-order valence-corrected chi connectivity index (χ3v) is 5.82. The van der Waals surface area contributed by atoms with E-state index in [1.54, 1.807) is 39.0 Å². The maximum atomic E-state index is 12.7. The van der Waals surface area contributed by atoms with Crippen LogP contribution in [-0.4, -0.2) is 59.7 Å². The summed E-state index contributed by atoms with van der Waals surface area (Å²) in [5, 5.41) is 0.883. The van der Waals surface area contributed by atoms with E-state index in [0.717, 1.165) is 5.56 Å². The van der Waals surface area contributed by atoms with Gasteiger partial charge in [-0.15, -0.1) is 0 Å². The van der Waals surface area contributed by atoms with E-state index in [4.69, 9.17) is 32.7 Å². The molecule has 2 aliphatic rings. The van der Waals surface area contributed by atoms with Gasteiger partial charge in [0.05, 0.1) is 16.1 Å². The smallest absolute Gasteiger partial charge is 0.410 e. The highest BCUT2D eigenvalue weighted by molar-refractivity contribution is 6.42. The van der Waals surface area contributed by atoms with Crippen LogP contribution in [-0.2, 0) is 9.53 Å². The number of halogens is 2. The van der Waals surface area contributed by atoms with Crippen molar-refractivity contribution >= 4 is 35.2 Å². The average Bonchev–Trinajstić information content (AvgIpc) is 3.05. The summed E-state index contributed by atoms with van der Waals surface area (Å²) in [5.74, 6) is 0.510. The Hall–Kier alpha value is -1.92. The van der Waals surface area contributed by atoms with Gasteiger partial charge in [-0.05, 0) is 39.3 Å². The van der Waals surface area contributed by atoms with Gasteiger partial charge in [-0.1, -0.05) is 35.9 Å².